The standard InChI is InChI=1S/C10H20ClNO3/c1-3-4-6-15-7-5-12-8-9(11)10(13)14-2/h9,12H,3-8H2,1-2H3. The molecule has 0 aliphatic heterocycles. The first-order chi connectivity index (χ1) is 7.22. The molecule has 90 valence electrons. The van der Waals surface area contributed by atoms with Crippen LogP contribution in [0.2, 0.25) is 0 Å². The van der Waals surface area contributed by atoms with Gasteiger partial charge in [0, 0.05) is 19.7 Å². The van der Waals surface area contributed by atoms with Gasteiger partial charge in [-0.15, -0.1) is 11.6 Å². The van der Waals surface area contributed by atoms with Crippen molar-refractivity contribution in [3.8, 4) is 0 Å². The molecule has 0 fully saturated rings. The third kappa shape index (κ3) is 8.66. The van der Waals surface area contributed by atoms with Gasteiger partial charge in [-0.1, -0.05) is 13.3 Å². The molecule has 0 aromatic carbocycles. The van der Waals surface area contributed by atoms with Crippen LogP contribution in [-0.2, 0) is 14.3 Å². The summed E-state index contributed by atoms with van der Waals surface area (Å²) < 4.78 is 9.80. The summed E-state index contributed by atoms with van der Waals surface area (Å²) in [5.41, 5.74) is 0. The van der Waals surface area contributed by atoms with Gasteiger partial charge in [0.25, 0.3) is 0 Å². The molecule has 0 bridgehead atoms. The summed E-state index contributed by atoms with van der Waals surface area (Å²) in [6.45, 7) is 4.66. The zero-order valence-corrected chi connectivity index (χ0v) is 10.2. The number of nitrogens with one attached hydrogen (secondary N) is 1. The van der Waals surface area contributed by atoms with E-state index in [2.05, 4.69) is 17.0 Å². The molecular weight excluding hydrogens is 218 g/mol. The Bertz CT molecular complexity index is 167. The van der Waals surface area contributed by atoms with Crippen molar-refractivity contribution in [1.29, 1.82) is 0 Å². The fourth-order valence-electron chi connectivity index (χ4n) is 0.933. The van der Waals surface area contributed by atoms with E-state index in [4.69, 9.17) is 16.3 Å². The monoisotopic (exact) mass is 237 g/mol. The molecule has 0 heterocycles. The number of unbranched alkanes of at least 4 members (excludes halogenated alkanes) is 1. The van der Waals surface area contributed by atoms with Crippen molar-refractivity contribution in [1.82, 2.24) is 5.32 Å². The Morgan fingerprint density at radius 3 is 2.80 bits per heavy atom. The van der Waals surface area contributed by atoms with Gasteiger partial charge in [0.1, 0.15) is 5.38 Å². The molecule has 1 unspecified atom stereocenters. The van der Waals surface area contributed by atoms with E-state index in [-0.39, 0.29) is 0 Å². The lowest BCUT2D eigenvalue weighted by Gasteiger charge is -2.08. The van der Waals surface area contributed by atoms with Crippen LogP contribution in [0, 0.1) is 0 Å². The van der Waals surface area contributed by atoms with E-state index in [1.165, 1.54) is 7.11 Å². The van der Waals surface area contributed by atoms with Crippen LogP contribution in [-0.4, -0.2) is 44.8 Å². The van der Waals surface area contributed by atoms with Crippen molar-refractivity contribution in [2.75, 3.05) is 33.4 Å². The molecular formula is C10H20ClNO3. The molecule has 1 N–H and O–H groups in total. The maximum atomic E-state index is 10.9. The van der Waals surface area contributed by atoms with E-state index in [0.717, 1.165) is 19.4 Å². The van der Waals surface area contributed by atoms with Crippen LogP contribution in [0.25, 0.3) is 0 Å². The van der Waals surface area contributed by atoms with Gasteiger partial charge in [-0.3, -0.25) is 4.79 Å². The Balaban J connectivity index is 3.20. The van der Waals surface area contributed by atoms with Gasteiger partial charge in [0.15, 0.2) is 0 Å². The first kappa shape index (κ1) is 14.7. The zero-order valence-electron chi connectivity index (χ0n) is 9.42. The van der Waals surface area contributed by atoms with Gasteiger partial charge in [0.05, 0.1) is 13.7 Å². The van der Waals surface area contributed by atoms with Gasteiger partial charge in [-0.2, -0.15) is 0 Å². The SMILES string of the molecule is CCCCOCCNCC(Cl)C(=O)OC. The summed E-state index contributed by atoms with van der Waals surface area (Å²) in [6, 6.07) is 0. The molecule has 0 saturated heterocycles. The van der Waals surface area contributed by atoms with Crippen LogP contribution in [0.1, 0.15) is 19.8 Å². The van der Waals surface area contributed by atoms with Gasteiger partial charge in [0.2, 0.25) is 0 Å². The summed E-state index contributed by atoms with van der Waals surface area (Å²) in [5.74, 6) is -0.406. The third-order valence-electron chi connectivity index (χ3n) is 1.85. The van der Waals surface area contributed by atoms with Crippen molar-refractivity contribution in [2.45, 2.75) is 25.1 Å². The fraction of sp³-hybridized carbons (Fsp3) is 0.900. The second kappa shape index (κ2) is 10.2. The van der Waals surface area contributed by atoms with Crippen molar-refractivity contribution in [3.05, 3.63) is 0 Å². The van der Waals surface area contributed by atoms with Crippen molar-refractivity contribution >= 4 is 17.6 Å². The van der Waals surface area contributed by atoms with Gasteiger partial charge in [-0.25, -0.2) is 0 Å². The molecule has 0 aliphatic rings. The number of carbonyl (C=O) groups is 1. The van der Waals surface area contributed by atoms with Crippen LogP contribution >= 0.6 is 11.6 Å². The molecule has 15 heavy (non-hydrogen) atoms. The molecule has 0 aliphatic carbocycles. The van der Waals surface area contributed by atoms with Crippen molar-refractivity contribution in [3.63, 3.8) is 0 Å². The van der Waals surface area contributed by atoms with E-state index in [0.29, 0.717) is 19.7 Å². The molecule has 5 heteroatoms. The highest BCUT2D eigenvalue weighted by atomic mass is 35.5. The third-order valence-corrected chi connectivity index (χ3v) is 2.18. The van der Waals surface area contributed by atoms with Gasteiger partial charge >= 0.3 is 5.97 Å². The smallest absolute Gasteiger partial charge is 0.325 e. The molecule has 0 saturated carbocycles. The predicted molar refractivity (Wildman–Crippen MR) is 60.3 cm³/mol. The number of halogens is 1. The number of esters is 1. The number of carbonyl (C=O) groups excluding carboxylic acids is 1. The van der Waals surface area contributed by atoms with Crippen molar-refractivity contribution in [2.24, 2.45) is 0 Å². The van der Waals surface area contributed by atoms with E-state index >= 15 is 0 Å². The predicted octanol–water partition coefficient (Wildman–Crippen LogP) is 1.17. The minimum absolute atomic E-state index is 0.406. The first-order valence-corrected chi connectivity index (χ1v) is 5.66. The largest absolute Gasteiger partial charge is 0.468 e. The van der Waals surface area contributed by atoms with E-state index < -0.39 is 11.3 Å². The lowest BCUT2D eigenvalue weighted by Crippen LogP contribution is -2.32. The van der Waals surface area contributed by atoms with Crippen LogP contribution < -0.4 is 5.32 Å². The van der Waals surface area contributed by atoms with Crippen LogP contribution in [0.15, 0.2) is 0 Å². The van der Waals surface area contributed by atoms with Crippen LogP contribution in [0.5, 0.6) is 0 Å². The summed E-state index contributed by atoms with van der Waals surface area (Å²) in [6.07, 6.45) is 2.22. The number of hydrogen-bond donors (Lipinski definition) is 1. The Morgan fingerprint density at radius 1 is 1.47 bits per heavy atom. The molecule has 0 spiro atoms. The summed E-state index contributed by atoms with van der Waals surface area (Å²) in [5, 5.41) is 2.40. The second-order valence-electron chi connectivity index (χ2n) is 3.16. The molecule has 0 rings (SSSR count). The molecule has 0 amide bonds. The van der Waals surface area contributed by atoms with Gasteiger partial charge in [-0.05, 0) is 6.42 Å². The van der Waals surface area contributed by atoms with E-state index in [1.54, 1.807) is 0 Å². The van der Waals surface area contributed by atoms with Crippen LogP contribution in [0.4, 0.5) is 0 Å². The zero-order chi connectivity index (χ0) is 11.5. The number of rotatable bonds is 9. The van der Waals surface area contributed by atoms with Crippen LogP contribution in [0.3, 0.4) is 0 Å². The lowest BCUT2D eigenvalue weighted by atomic mass is 10.4. The average molecular weight is 238 g/mol. The Morgan fingerprint density at radius 2 is 2.20 bits per heavy atom. The van der Waals surface area contributed by atoms with Crippen molar-refractivity contribution < 1.29 is 14.3 Å². The molecule has 0 aromatic heterocycles. The van der Waals surface area contributed by atoms with E-state index in [1.807, 2.05) is 0 Å². The number of hydrogen-bond acceptors (Lipinski definition) is 4. The fourth-order valence-corrected chi connectivity index (χ4v) is 1.13. The normalized spacial score (nSPS) is 12.5. The first-order valence-electron chi connectivity index (χ1n) is 5.22. The highest BCUT2D eigenvalue weighted by Gasteiger charge is 2.14. The number of methoxy groups -OCH3 is 1. The highest BCUT2D eigenvalue weighted by Crippen LogP contribution is 1.95. The molecule has 1 atom stereocenters. The number of alkyl halides is 1. The summed E-state index contributed by atoms with van der Waals surface area (Å²) in [7, 11) is 1.32. The topological polar surface area (TPSA) is 47.6 Å². The maximum absolute atomic E-state index is 10.9. The lowest BCUT2D eigenvalue weighted by molar-refractivity contribution is -0.140. The van der Waals surface area contributed by atoms with Gasteiger partial charge < -0.3 is 14.8 Å². The summed E-state index contributed by atoms with van der Waals surface area (Å²) in [4.78, 5) is 10.9. The Labute approximate surface area is 96.3 Å². The minimum Gasteiger partial charge on any atom is -0.468 e. The van der Waals surface area contributed by atoms with E-state index in [9.17, 15) is 4.79 Å². The maximum Gasteiger partial charge on any atom is 0.325 e. The quantitative estimate of drug-likeness (QED) is 0.372. The summed E-state index contributed by atoms with van der Waals surface area (Å²) >= 11 is 5.72. The second-order valence-corrected chi connectivity index (χ2v) is 3.69. The Kier molecular flexibility index (Phi) is 9.99. The molecule has 0 radical (unpaired) electrons. The average Bonchev–Trinajstić information content (AvgIpc) is 2.26. The number of ether oxygens (including phenoxy) is 2. The minimum atomic E-state index is -0.620. The molecule has 0 aromatic rings. The highest BCUT2D eigenvalue weighted by molar-refractivity contribution is 6.30. The molecule has 4 nitrogen and oxygen atoms in total. The Hall–Kier alpha value is -0.320.